The van der Waals surface area contributed by atoms with E-state index < -0.39 is 11.7 Å². The van der Waals surface area contributed by atoms with E-state index in [2.05, 4.69) is 16.8 Å². The van der Waals surface area contributed by atoms with Gasteiger partial charge in [-0.15, -0.1) is 0 Å². The molecule has 1 saturated heterocycles. The lowest BCUT2D eigenvalue weighted by Crippen LogP contribution is -2.33. The Morgan fingerprint density at radius 3 is 2.82 bits per heavy atom. The monoisotopic (exact) mass is 312 g/mol. The summed E-state index contributed by atoms with van der Waals surface area (Å²) in [5.41, 5.74) is 0.0287. The molecule has 0 amide bonds. The normalized spacial score (nSPS) is 20.7. The van der Waals surface area contributed by atoms with Gasteiger partial charge in [-0.2, -0.15) is 13.2 Å². The van der Waals surface area contributed by atoms with Crippen LogP contribution >= 0.6 is 0 Å². The van der Waals surface area contributed by atoms with Crippen molar-refractivity contribution in [1.82, 2.24) is 9.88 Å². The summed E-state index contributed by atoms with van der Waals surface area (Å²) in [7, 11) is 0. The van der Waals surface area contributed by atoms with E-state index in [0.717, 1.165) is 19.5 Å². The Bertz CT molecular complexity index is 678. The number of piperidine rings is 1. The maximum absolute atomic E-state index is 13.2. The van der Waals surface area contributed by atoms with E-state index >= 15 is 0 Å². The van der Waals surface area contributed by atoms with Crippen LogP contribution in [0.25, 0.3) is 11.1 Å². The van der Waals surface area contributed by atoms with E-state index in [-0.39, 0.29) is 17.0 Å². The highest BCUT2D eigenvalue weighted by molar-refractivity contribution is 5.78. The summed E-state index contributed by atoms with van der Waals surface area (Å²) in [4.78, 5) is 6.28. The third-order valence-corrected chi connectivity index (χ3v) is 4.11. The van der Waals surface area contributed by atoms with Crippen molar-refractivity contribution in [3.63, 3.8) is 0 Å². The van der Waals surface area contributed by atoms with Gasteiger partial charge in [0.05, 0.1) is 0 Å². The molecule has 120 valence electrons. The van der Waals surface area contributed by atoms with Crippen molar-refractivity contribution < 1.29 is 17.6 Å². The lowest BCUT2D eigenvalue weighted by atomic mass is 9.99. The zero-order valence-corrected chi connectivity index (χ0v) is 12.7. The number of alkyl halides is 3. The molecule has 1 aliphatic rings. The molecule has 0 bridgehead atoms. The number of rotatable bonds is 2. The van der Waals surface area contributed by atoms with E-state index in [9.17, 15) is 13.2 Å². The number of aryl methyl sites for hydroxylation is 1. The van der Waals surface area contributed by atoms with Gasteiger partial charge in [-0.3, -0.25) is 4.90 Å². The molecule has 2 aromatic rings. The zero-order chi connectivity index (χ0) is 15.9. The van der Waals surface area contributed by atoms with E-state index in [1.807, 2.05) is 0 Å². The molecule has 3 nitrogen and oxygen atoms in total. The van der Waals surface area contributed by atoms with E-state index in [0.29, 0.717) is 18.0 Å². The summed E-state index contributed by atoms with van der Waals surface area (Å²) < 4.78 is 44.9. The predicted molar refractivity (Wildman–Crippen MR) is 77.4 cm³/mol. The van der Waals surface area contributed by atoms with Crippen molar-refractivity contribution in [3.05, 3.63) is 29.2 Å². The number of hydrogen-bond donors (Lipinski definition) is 0. The minimum atomic E-state index is -4.44. The first kappa shape index (κ1) is 15.3. The average Bonchev–Trinajstić information content (AvgIpc) is 2.76. The van der Waals surface area contributed by atoms with Gasteiger partial charge < -0.3 is 4.42 Å². The van der Waals surface area contributed by atoms with Gasteiger partial charge in [-0.25, -0.2) is 4.98 Å². The van der Waals surface area contributed by atoms with Crippen molar-refractivity contribution in [1.29, 1.82) is 0 Å². The first-order valence-electron chi connectivity index (χ1n) is 7.52. The molecule has 1 unspecified atom stereocenters. The largest absolute Gasteiger partial charge is 0.440 e. The Kier molecular flexibility index (Phi) is 3.89. The standard InChI is InChI=1S/C16H19F3N2O/c1-10-4-3-5-21(8-10)9-12-6-13(16(17,18)19)15-14(7-12)20-11(2)22-15/h6-7,10H,3-5,8-9H2,1-2H3. The molecule has 6 heteroatoms. The van der Waals surface area contributed by atoms with Gasteiger partial charge in [0.2, 0.25) is 0 Å². The lowest BCUT2D eigenvalue weighted by Gasteiger charge is -2.30. The van der Waals surface area contributed by atoms with Crippen molar-refractivity contribution >= 4 is 11.1 Å². The maximum Gasteiger partial charge on any atom is 0.420 e. The number of benzene rings is 1. The molecule has 0 radical (unpaired) electrons. The molecule has 1 aliphatic heterocycles. The Morgan fingerprint density at radius 1 is 1.36 bits per heavy atom. The molecule has 0 spiro atoms. The second kappa shape index (κ2) is 5.57. The molecule has 0 aliphatic carbocycles. The molecule has 1 atom stereocenters. The Hall–Kier alpha value is -1.56. The van der Waals surface area contributed by atoms with Gasteiger partial charge in [0.25, 0.3) is 0 Å². The molecule has 0 N–H and O–H groups in total. The minimum Gasteiger partial charge on any atom is -0.440 e. The number of likely N-dealkylation sites (tertiary alicyclic amines) is 1. The SMILES string of the molecule is Cc1nc2cc(CN3CCCC(C)C3)cc(C(F)(F)F)c2o1. The minimum absolute atomic E-state index is 0.166. The summed E-state index contributed by atoms with van der Waals surface area (Å²) in [5.74, 6) is 0.845. The number of nitrogens with zero attached hydrogens (tertiary/aromatic N) is 2. The van der Waals surface area contributed by atoms with Crippen LogP contribution in [-0.4, -0.2) is 23.0 Å². The molecular weight excluding hydrogens is 293 g/mol. The zero-order valence-electron chi connectivity index (χ0n) is 12.7. The quantitative estimate of drug-likeness (QED) is 0.824. The van der Waals surface area contributed by atoms with Crippen LogP contribution in [0.5, 0.6) is 0 Å². The van der Waals surface area contributed by atoms with E-state index in [4.69, 9.17) is 4.42 Å². The first-order valence-corrected chi connectivity index (χ1v) is 7.52. The Morgan fingerprint density at radius 2 is 2.14 bits per heavy atom. The number of oxazole rings is 1. The first-order chi connectivity index (χ1) is 10.3. The van der Waals surface area contributed by atoms with Gasteiger partial charge in [0.15, 0.2) is 11.5 Å². The van der Waals surface area contributed by atoms with Gasteiger partial charge in [-0.05, 0) is 43.0 Å². The number of hydrogen-bond acceptors (Lipinski definition) is 3. The van der Waals surface area contributed by atoms with Gasteiger partial charge in [-0.1, -0.05) is 6.92 Å². The molecule has 3 rings (SSSR count). The summed E-state index contributed by atoms with van der Waals surface area (Å²) in [5, 5.41) is 0. The van der Waals surface area contributed by atoms with E-state index in [1.54, 1.807) is 13.0 Å². The molecule has 1 fully saturated rings. The van der Waals surface area contributed by atoms with E-state index in [1.165, 1.54) is 12.5 Å². The fourth-order valence-electron chi connectivity index (χ4n) is 3.19. The van der Waals surface area contributed by atoms with Crippen LogP contribution < -0.4 is 0 Å². The van der Waals surface area contributed by atoms with Crippen LogP contribution in [0.2, 0.25) is 0 Å². The third-order valence-electron chi connectivity index (χ3n) is 4.11. The fraction of sp³-hybridized carbons (Fsp3) is 0.562. The fourth-order valence-corrected chi connectivity index (χ4v) is 3.19. The highest BCUT2D eigenvalue weighted by Gasteiger charge is 2.35. The van der Waals surface area contributed by atoms with Gasteiger partial charge >= 0.3 is 6.18 Å². The highest BCUT2D eigenvalue weighted by atomic mass is 19.4. The average molecular weight is 312 g/mol. The number of aromatic nitrogens is 1. The van der Waals surface area contributed by atoms with Crippen LogP contribution in [0.1, 0.15) is 36.8 Å². The van der Waals surface area contributed by atoms with Crippen LogP contribution in [0.3, 0.4) is 0 Å². The van der Waals surface area contributed by atoms with Crippen molar-refractivity contribution in [2.45, 2.75) is 39.4 Å². The van der Waals surface area contributed by atoms with Gasteiger partial charge in [0.1, 0.15) is 11.1 Å². The summed E-state index contributed by atoms with van der Waals surface area (Å²) >= 11 is 0. The molecule has 1 aromatic carbocycles. The van der Waals surface area contributed by atoms with Crippen molar-refractivity contribution in [3.8, 4) is 0 Å². The number of halogens is 3. The second-order valence-electron chi connectivity index (χ2n) is 6.20. The molecule has 0 saturated carbocycles. The summed E-state index contributed by atoms with van der Waals surface area (Å²) in [6.45, 7) is 6.12. The number of fused-ring (bicyclic) bond motifs is 1. The van der Waals surface area contributed by atoms with Crippen LogP contribution in [-0.2, 0) is 12.7 Å². The Labute approximate surface area is 127 Å². The Balaban J connectivity index is 1.96. The topological polar surface area (TPSA) is 29.3 Å². The molecular formula is C16H19F3N2O. The van der Waals surface area contributed by atoms with Crippen LogP contribution in [0, 0.1) is 12.8 Å². The molecule has 1 aromatic heterocycles. The highest BCUT2D eigenvalue weighted by Crippen LogP contribution is 2.36. The summed E-state index contributed by atoms with van der Waals surface area (Å²) in [6, 6.07) is 2.91. The van der Waals surface area contributed by atoms with Crippen LogP contribution in [0.15, 0.2) is 16.5 Å². The summed E-state index contributed by atoms with van der Waals surface area (Å²) in [6.07, 6.45) is -2.15. The third kappa shape index (κ3) is 3.11. The van der Waals surface area contributed by atoms with Crippen molar-refractivity contribution in [2.75, 3.05) is 13.1 Å². The van der Waals surface area contributed by atoms with Crippen LogP contribution in [0.4, 0.5) is 13.2 Å². The van der Waals surface area contributed by atoms with Gasteiger partial charge in [0, 0.05) is 20.0 Å². The smallest absolute Gasteiger partial charge is 0.420 e. The predicted octanol–water partition coefficient (Wildman–Crippen LogP) is 4.39. The molecule has 22 heavy (non-hydrogen) atoms. The lowest BCUT2D eigenvalue weighted by molar-refractivity contribution is -0.136. The van der Waals surface area contributed by atoms with Crippen molar-refractivity contribution in [2.24, 2.45) is 5.92 Å². The second-order valence-corrected chi connectivity index (χ2v) is 6.20. The maximum atomic E-state index is 13.2. The molecule has 2 heterocycles.